The summed E-state index contributed by atoms with van der Waals surface area (Å²) in [6, 6.07) is 4.04. The fraction of sp³-hybridized carbons (Fsp3) is 0.588. The van der Waals surface area contributed by atoms with Crippen LogP contribution >= 0.6 is 0 Å². The van der Waals surface area contributed by atoms with E-state index < -0.39 is 0 Å². The summed E-state index contributed by atoms with van der Waals surface area (Å²) in [6.45, 7) is 5.89. The average Bonchev–Trinajstić information content (AvgIpc) is 3.31. The smallest absolute Gasteiger partial charge is 0.251 e. The number of carbonyl (C=O) groups excluding carboxylic acids is 1. The van der Waals surface area contributed by atoms with Crippen LogP contribution in [0, 0.1) is 0 Å². The van der Waals surface area contributed by atoms with Gasteiger partial charge in [0.1, 0.15) is 11.9 Å². The Balaban J connectivity index is 1.49. The largest absolute Gasteiger partial charge is 0.368 e. The van der Waals surface area contributed by atoms with Crippen molar-refractivity contribution < 1.29 is 9.53 Å². The van der Waals surface area contributed by atoms with Gasteiger partial charge in [0.2, 0.25) is 0 Å². The van der Waals surface area contributed by atoms with Crippen LogP contribution in [0.1, 0.15) is 25.5 Å². The van der Waals surface area contributed by atoms with Crippen molar-refractivity contribution in [2.75, 3.05) is 37.7 Å². The van der Waals surface area contributed by atoms with E-state index in [0.717, 1.165) is 62.6 Å². The molecule has 4 heterocycles. The summed E-state index contributed by atoms with van der Waals surface area (Å²) in [7, 11) is 0. The van der Waals surface area contributed by atoms with Crippen LogP contribution in [0.4, 0.5) is 5.82 Å². The second-order valence-electron chi connectivity index (χ2n) is 6.37. The molecule has 7 nitrogen and oxygen atoms in total. The summed E-state index contributed by atoms with van der Waals surface area (Å²) in [5, 5.41) is 4.40. The average molecular weight is 329 g/mol. The third-order valence-corrected chi connectivity index (χ3v) is 4.88. The first-order chi connectivity index (χ1) is 11.8. The minimum atomic E-state index is -0.220. The van der Waals surface area contributed by atoms with Crippen LogP contribution in [0.15, 0.2) is 18.3 Å². The number of carbonyl (C=O) groups is 1. The number of aromatic nitrogens is 3. The molecule has 0 aromatic carbocycles. The topological polar surface area (TPSA) is 63.0 Å². The van der Waals surface area contributed by atoms with Crippen LogP contribution in [0.5, 0.6) is 0 Å². The van der Waals surface area contributed by atoms with E-state index >= 15 is 0 Å². The highest BCUT2D eigenvalue weighted by molar-refractivity contribution is 5.81. The molecule has 1 atom stereocenters. The molecule has 0 radical (unpaired) electrons. The van der Waals surface area contributed by atoms with E-state index in [9.17, 15) is 4.79 Å². The van der Waals surface area contributed by atoms with Crippen molar-refractivity contribution in [1.82, 2.24) is 19.5 Å². The van der Waals surface area contributed by atoms with Crippen LogP contribution in [-0.4, -0.2) is 64.3 Å². The Bertz CT molecular complexity index is 730. The van der Waals surface area contributed by atoms with Gasteiger partial charge in [-0.15, -0.1) is 0 Å². The van der Waals surface area contributed by atoms with E-state index in [2.05, 4.69) is 28.0 Å². The van der Waals surface area contributed by atoms with Crippen molar-refractivity contribution in [2.24, 2.45) is 0 Å². The van der Waals surface area contributed by atoms with Gasteiger partial charge >= 0.3 is 0 Å². The number of fused-ring (bicyclic) bond motifs is 1. The van der Waals surface area contributed by atoms with Gasteiger partial charge in [0.15, 0.2) is 5.65 Å². The molecule has 1 amide bonds. The third kappa shape index (κ3) is 2.73. The lowest BCUT2D eigenvalue weighted by atomic mass is 10.2. The zero-order valence-electron chi connectivity index (χ0n) is 14.0. The number of anilines is 1. The maximum atomic E-state index is 12.5. The number of hydrogen-bond donors (Lipinski definition) is 0. The second kappa shape index (κ2) is 6.39. The lowest BCUT2D eigenvalue weighted by molar-refractivity contribution is -0.141. The Morgan fingerprint density at radius 1 is 1.33 bits per heavy atom. The van der Waals surface area contributed by atoms with Crippen molar-refractivity contribution in [2.45, 2.75) is 32.3 Å². The van der Waals surface area contributed by atoms with Crippen molar-refractivity contribution in [1.29, 1.82) is 0 Å². The fourth-order valence-electron chi connectivity index (χ4n) is 3.49. The van der Waals surface area contributed by atoms with Gasteiger partial charge in [-0.25, -0.2) is 4.98 Å². The van der Waals surface area contributed by atoms with Crippen molar-refractivity contribution in [3.63, 3.8) is 0 Å². The van der Waals surface area contributed by atoms with E-state index in [4.69, 9.17) is 4.74 Å². The summed E-state index contributed by atoms with van der Waals surface area (Å²) in [5.41, 5.74) is 1.94. The van der Waals surface area contributed by atoms with Gasteiger partial charge in [-0.1, -0.05) is 6.92 Å². The van der Waals surface area contributed by atoms with Gasteiger partial charge < -0.3 is 14.5 Å². The molecule has 0 aliphatic carbocycles. The fourth-order valence-corrected chi connectivity index (χ4v) is 3.49. The van der Waals surface area contributed by atoms with Crippen LogP contribution in [-0.2, 0) is 16.0 Å². The number of piperazine rings is 1. The Kier molecular flexibility index (Phi) is 4.10. The van der Waals surface area contributed by atoms with Gasteiger partial charge in [-0.05, 0) is 19.3 Å². The number of amides is 1. The molecule has 2 saturated heterocycles. The Morgan fingerprint density at radius 2 is 2.17 bits per heavy atom. The molecule has 2 aliphatic rings. The number of hydrogen-bond acceptors (Lipinski definition) is 5. The molecule has 128 valence electrons. The molecule has 7 heteroatoms. The molecule has 2 fully saturated rings. The quantitative estimate of drug-likeness (QED) is 0.844. The molecule has 2 aromatic rings. The highest BCUT2D eigenvalue weighted by Gasteiger charge is 2.30. The van der Waals surface area contributed by atoms with E-state index in [-0.39, 0.29) is 12.0 Å². The maximum absolute atomic E-state index is 12.5. The maximum Gasteiger partial charge on any atom is 0.251 e. The van der Waals surface area contributed by atoms with Crippen LogP contribution in [0.25, 0.3) is 5.65 Å². The number of rotatable bonds is 3. The minimum Gasteiger partial charge on any atom is -0.368 e. The lowest BCUT2D eigenvalue weighted by Gasteiger charge is -2.36. The highest BCUT2D eigenvalue weighted by Crippen LogP contribution is 2.21. The van der Waals surface area contributed by atoms with E-state index in [1.807, 2.05) is 15.5 Å². The first kappa shape index (κ1) is 15.4. The summed E-state index contributed by atoms with van der Waals surface area (Å²) in [4.78, 5) is 21.3. The van der Waals surface area contributed by atoms with Crippen LogP contribution < -0.4 is 4.90 Å². The molecule has 4 rings (SSSR count). The molecule has 24 heavy (non-hydrogen) atoms. The molecule has 0 N–H and O–H groups in total. The monoisotopic (exact) mass is 329 g/mol. The lowest BCUT2D eigenvalue weighted by Crippen LogP contribution is -2.51. The normalized spacial score (nSPS) is 21.6. The molecule has 0 spiro atoms. The first-order valence-electron chi connectivity index (χ1n) is 8.75. The number of ether oxygens (including phenoxy) is 1. The molecule has 2 aliphatic heterocycles. The SMILES string of the molecule is CCc1cc(N2CCN(C(=O)C3CCCO3)CC2)n2nccc2n1. The minimum absolute atomic E-state index is 0.153. The van der Waals surface area contributed by atoms with E-state index in [0.29, 0.717) is 6.61 Å². The van der Waals surface area contributed by atoms with Gasteiger partial charge in [-0.2, -0.15) is 9.61 Å². The van der Waals surface area contributed by atoms with Crippen molar-refractivity contribution in [3.8, 4) is 0 Å². The molecular formula is C17H23N5O2. The first-order valence-corrected chi connectivity index (χ1v) is 8.75. The van der Waals surface area contributed by atoms with Gasteiger partial charge in [0.05, 0.1) is 6.20 Å². The Hall–Kier alpha value is -2.15. The summed E-state index contributed by atoms with van der Waals surface area (Å²) >= 11 is 0. The predicted octanol–water partition coefficient (Wildman–Crippen LogP) is 1.12. The Morgan fingerprint density at radius 3 is 2.88 bits per heavy atom. The van der Waals surface area contributed by atoms with E-state index in [1.54, 1.807) is 6.20 Å². The van der Waals surface area contributed by atoms with Gasteiger partial charge in [0, 0.05) is 50.6 Å². The third-order valence-electron chi connectivity index (χ3n) is 4.88. The zero-order valence-corrected chi connectivity index (χ0v) is 14.0. The standard InChI is InChI=1S/C17H23N5O2/c1-2-13-12-16(22-15(19-13)5-6-18-22)20-7-9-21(10-8-20)17(23)14-4-3-11-24-14/h5-6,12,14H,2-4,7-11H2,1H3. The van der Waals surface area contributed by atoms with Crippen molar-refractivity contribution in [3.05, 3.63) is 24.0 Å². The number of aryl methyl sites for hydroxylation is 1. The van der Waals surface area contributed by atoms with Crippen LogP contribution in [0.3, 0.4) is 0 Å². The Labute approximate surface area is 141 Å². The summed E-state index contributed by atoms with van der Waals surface area (Å²) in [5.74, 6) is 1.21. The van der Waals surface area contributed by atoms with Gasteiger partial charge in [0.25, 0.3) is 5.91 Å². The van der Waals surface area contributed by atoms with E-state index in [1.165, 1.54) is 0 Å². The second-order valence-corrected chi connectivity index (χ2v) is 6.37. The van der Waals surface area contributed by atoms with Crippen LogP contribution in [0.2, 0.25) is 0 Å². The molecule has 0 bridgehead atoms. The molecular weight excluding hydrogens is 306 g/mol. The number of nitrogens with zero attached hydrogens (tertiary/aromatic N) is 5. The predicted molar refractivity (Wildman–Crippen MR) is 90.1 cm³/mol. The highest BCUT2D eigenvalue weighted by atomic mass is 16.5. The molecule has 0 saturated carbocycles. The van der Waals surface area contributed by atoms with Gasteiger partial charge in [-0.3, -0.25) is 4.79 Å². The summed E-state index contributed by atoms with van der Waals surface area (Å²) in [6.07, 6.45) is 4.30. The van der Waals surface area contributed by atoms with Crippen molar-refractivity contribution >= 4 is 17.4 Å². The molecule has 1 unspecified atom stereocenters. The molecule has 2 aromatic heterocycles. The summed E-state index contributed by atoms with van der Waals surface area (Å²) < 4.78 is 7.42. The zero-order chi connectivity index (χ0) is 16.5.